The third-order valence-corrected chi connectivity index (χ3v) is 3.18. The van der Waals surface area contributed by atoms with E-state index in [1.807, 2.05) is 6.92 Å². The molecular formula is C16H20N4O. The first-order chi connectivity index (χ1) is 10.1. The van der Waals surface area contributed by atoms with Crippen molar-refractivity contribution < 1.29 is 4.79 Å². The molecule has 1 unspecified atom stereocenters. The molecule has 0 fully saturated rings. The fourth-order valence-corrected chi connectivity index (χ4v) is 1.94. The molecule has 1 amide bonds. The van der Waals surface area contributed by atoms with Crippen LogP contribution < -0.4 is 10.6 Å². The fourth-order valence-electron chi connectivity index (χ4n) is 1.94. The highest BCUT2D eigenvalue weighted by molar-refractivity contribution is 5.92. The minimum atomic E-state index is -0.205. The lowest BCUT2D eigenvalue weighted by Gasteiger charge is -2.14. The van der Waals surface area contributed by atoms with Gasteiger partial charge in [0.25, 0.3) is 5.91 Å². The number of aryl methyl sites for hydroxylation is 1. The maximum absolute atomic E-state index is 11.6. The largest absolute Gasteiger partial charge is 0.362 e. The number of hydrogen-bond donors (Lipinski definition) is 2. The molecule has 2 rings (SSSR count). The second-order valence-corrected chi connectivity index (χ2v) is 4.94. The van der Waals surface area contributed by atoms with Crippen LogP contribution in [0.2, 0.25) is 0 Å². The van der Waals surface area contributed by atoms with E-state index in [1.165, 1.54) is 11.1 Å². The Kier molecular flexibility index (Phi) is 4.87. The molecule has 1 heterocycles. The molecule has 0 spiro atoms. The molecule has 21 heavy (non-hydrogen) atoms. The molecule has 5 heteroatoms. The lowest BCUT2D eigenvalue weighted by Crippen LogP contribution is -2.24. The number of carbonyl (C=O) groups excluding carboxylic acids is 1. The van der Waals surface area contributed by atoms with Gasteiger partial charge < -0.3 is 10.6 Å². The van der Waals surface area contributed by atoms with Crippen LogP contribution in [-0.4, -0.2) is 22.6 Å². The first kappa shape index (κ1) is 15.0. The maximum atomic E-state index is 11.6. The van der Waals surface area contributed by atoms with Crippen molar-refractivity contribution in [1.29, 1.82) is 0 Å². The second-order valence-electron chi connectivity index (χ2n) is 4.94. The van der Waals surface area contributed by atoms with Gasteiger partial charge in [0.15, 0.2) is 5.69 Å². The van der Waals surface area contributed by atoms with Crippen LogP contribution in [0.25, 0.3) is 0 Å². The van der Waals surface area contributed by atoms with Crippen LogP contribution >= 0.6 is 0 Å². The van der Waals surface area contributed by atoms with E-state index in [2.05, 4.69) is 58.9 Å². The van der Waals surface area contributed by atoms with Crippen LogP contribution in [0.3, 0.4) is 0 Å². The van der Waals surface area contributed by atoms with Crippen LogP contribution in [0.15, 0.2) is 36.4 Å². The van der Waals surface area contributed by atoms with Crippen LogP contribution in [0, 0.1) is 6.92 Å². The fraction of sp³-hybridized carbons (Fsp3) is 0.312. The van der Waals surface area contributed by atoms with Gasteiger partial charge in [-0.2, -0.15) is 0 Å². The number of benzene rings is 1. The van der Waals surface area contributed by atoms with E-state index in [-0.39, 0.29) is 11.9 Å². The van der Waals surface area contributed by atoms with Crippen molar-refractivity contribution in [3.8, 4) is 0 Å². The maximum Gasteiger partial charge on any atom is 0.271 e. The molecule has 0 aliphatic carbocycles. The summed E-state index contributed by atoms with van der Waals surface area (Å²) >= 11 is 0. The van der Waals surface area contributed by atoms with Gasteiger partial charge in [-0.15, -0.1) is 10.2 Å². The summed E-state index contributed by atoms with van der Waals surface area (Å²) in [7, 11) is 0. The monoisotopic (exact) mass is 284 g/mol. The highest BCUT2D eigenvalue weighted by atomic mass is 16.1. The highest BCUT2D eigenvalue weighted by Gasteiger charge is 2.09. The molecule has 0 bridgehead atoms. The third kappa shape index (κ3) is 4.02. The summed E-state index contributed by atoms with van der Waals surface area (Å²) in [6, 6.07) is 11.9. The Labute approximate surface area is 124 Å². The average molecular weight is 284 g/mol. The average Bonchev–Trinajstić information content (AvgIpc) is 2.49. The Balaban J connectivity index is 2.02. The topological polar surface area (TPSA) is 66.9 Å². The quantitative estimate of drug-likeness (QED) is 0.886. The first-order valence-corrected chi connectivity index (χ1v) is 7.05. The van der Waals surface area contributed by atoms with Crippen molar-refractivity contribution in [2.45, 2.75) is 26.8 Å². The highest BCUT2D eigenvalue weighted by Crippen LogP contribution is 2.17. The molecular weight excluding hydrogens is 264 g/mol. The van der Waals surface area contributed by atoms with Crippen molar-refractivity contribution in [2.75, 3.05) is 11.9 Å². The van der Waals surface area contributed by atoms with E-state index < -0.39 is 0 Å². The Hall–Kier alpha value is -2.43. The Morgan fingerprint density at radius 1 is 1.14 bits per heavy atom. The number of rotatable bonds is 5. The second kappa shape index (κ2) is 6.83. The number of hydrogen-bond acceptors (Lipinski definition) is 4. The van der Waals surface area contributed by atoms with E-state index in [0.717, 1.165) is 0 Å². The van der Waals surface area contributed by atoms with Gasteiger partial charge >= 0.3 is 0 Å². The third-order valence-electron chi connectivity index (χ3n) is 3.18. The Morgan fingerprint density at radius 2 is 1.86 bits per heavy atom. The van der Waals surface area contributed by atoms with E-state index in [4.69, 9.17) is 0 Å². The van der Waals surface area contributed by atoms with Gasteiger partial charge in [0.1, 0.15) is 5.82 Å². The van der Waals surface area contributed by atoms with Gasteiger partial charge in [0.05, 0.1) is 0 Å². The van der Waals surface area contributed by atoms with Crippen molar-refractivity contribution in [3.63, 3.8) is 0 Å². The zero-order valence-electron chi connectivity index (χ0n) is 12.6. The van der Waals surface area contributed by atoms with Gasteiger partial charge in [-0.05, 0) is 38.5 Å². The summed E-state index contributed by atoms with van der Waals surface area (Å²) in [4.78, 5) is 11.6. The zero-order chi connectivity index (χ0) is 15.2. The van der Waals surface area contributed by atoms with Crippen LogP contribution in [-0.2, 0) is 0 Å². The van der Waals surface area contributed by atoms with Crippen molar-refractivity contribution >= 4 is 11.7 Å². The molecule has 0 aliphatic rings. The SMILES string of the molecule is CCNC(=O)c1ccc(NC(C)c2ccc(C)cc2)nn1. The minimum Gasteiger partial charge on any atom is -0.362 e. The summed E-state index contributed by atoms with van der Waals surface area (Å²) in [6.07, 6.45) is 0. The smallest absolute Gasteiger partial charge is 0.271 e. The van der Waals surface area contributed by atoms with Gasteiger partial charge in [-0.1, -0.05) is 29.8 Å². The normalized spacial score (nSPS) is 11.8. The van der Waals surface area contributed by atoms with Gasteiger partial charge in [0.2, 0.25) is 0 Å². The minimum absolute atomic E-state index is 0.121. The summed E-state index contributed by atoms with van der Waals surface area (Å²) in [5.41, 5.74) is 2.73. The Morgan fingerprint density at radius 3 is 2.43 bits per heavy atom. The molecule has 110 valence electrons. The number of nitrogens with zero attached hydrogens (tertiary/aromatic N) is 2. The van der Waals surface area contributed by atoms with Gasteiger partial charge in [-0.3, -0.25) is 4.79 Å². The van der Waals surface area contributed by atoms with Crippen LogP contribution in [0.4, 0.5) is 5.82 Å². The first-order valence-electron chi connectivity index (χ1n) is 7.05. The van der Waals surface area contributed by atoms with Gasteiger partial charge in [0, 0.05) is 12.6 Å². The number of aromatic nitrogens is 2. The molecule has 0 saturated carbocycles. The van der Waals surface area contributed by atoms with E-state index in [9.17, 15) is 4.79 Å². The predicted octanol–water partition coefficient (Wildman–Crippen LogP) is 2.71. The molecule has 5 nitrogen and oxygen atoms in total. The molecule has 0 aliphatic heterocycles. The molecule has 1 atom stereocenters. The van der Waals surface area contributed by atoms with Crippen LogP contribution in [0.5, 0.6) is 0 Å². The molecule has 1 aromatic carbocycles. The number of amides is 1. The predicted molar refractivity (Wildman–Crippen MR) is 83.3 cm³/mol. The number of anilines is 1. The molecule has 0 radical (unpaired) electrons. The van der Waals surface area contributed by atoms with Gasteiger partial charge in [-0.25, -0.2) is 0 Å². The molecule has 1 aromatic heterocycles. The standard InChI is InChI=1S/C16H20N4O/c1-4-17-16(21)14-9-10-15(20-19-14)18-12(3)13-7-5-11(2)6-8-13/h5-10,12H,4H2,1-3H3,(H,17,21)(H,18,20). The zero-order valence-corrected chi connectivity index (χ0v) is 12.6. The van der Waals surface area contributed by atoms with E-state index in [0.29, 0.717) is 18.1 Å². The summed E-state index contributed by atoms with van der Waals surface area (Å²) < 4.78 is 0. The number of carbonyl (C=O) groups is 1. The lowest BCUT2D eigenvalue weighted by molar-refractivity contribution is 0.0950. The molecule has 2 N–H and O–H groups in total. The number of nitrogens with one attached hydrogen (secondary N) is 2. The summed E-state index contributed by atoms with van der Waals surface area (Å²) in [5, 5.41) is 13.9. The Bertz CT molecular complexity index is 593. The van der Waals surface area contributed by atoms with E-state index in [1.54, 1.807) is 12.1 Å². The van der Waals surface area contributed by atoms with Crippen LogP contribution in [0.1, 0.15) is 41.5 Å². The van der Waals surface area contributed by atoms with Crippen molar-refractivity contribution in [2.24, 2.45) is 0 Å². The van der Waals surface area contributed by atoms with Crippen molar-refractivity contribution in [3.05, 3.63) is 53.2 Å². The molecule has 2 aromatic rings. The summed E-state index contributed by atoms with van der Waals surface area (Å²) in [6.45, 7) is 6.56. The molecule has 0 saturated heterocycles. The lowest BCUT2D eigenvalue weighted by atomic mass is 10.1. The summed E-state index contributed by atoms with van der Waals surface area (Å²) in [5.74, 6) is 0.444. The van der Waals surface area contributed by atoms with E-state index >= 15 is 0 Å². The van der Waals surface area contributed by atoms with Crippen molar-refractivity contribution in [1.82, 2.24) is 15.5 Å².